The molecule has 0 spiro atoms. The summed E-state index contributed by atoms with van der Waals surface area (Å²) in [5, 5.41) is 0. The highest BCUT2D eigenvalue weighted by Gasteiger charge is 2.19. The molecular formula is C11H19ClO4. The Hall–Kier alpha value is -0.770. The van der Waals surface area contributed by atoms with Gasteiger partial charge >= 0.3 is 11.9 Å². The Bertz CT molecular complexity index is 218. The molecule has 0 saturated carbocycles. The van der Waals surface area contributed by atoms with Crippen molar-refractivity contribution < 1.29 is 19.1 Å². The lowest BCUT2D eigenvalue weighted by atomic mass is 10.0. The minimum atomic E-state index is -0.380. The summed E-state index contributed by atoms with van der Waals surface area (Å²) >= 11 is 5.55. The average Bonchev–Trinajstić information content (AvgIpc) is 2.27. The zero-order valence-electron chi connectivity index (χ0n) is 9.83. The first-order valence-electron chi connectivity index (χ1n) is 5.39. The zero-order valence-corrected chi connectivity index (χ0v) is 10.6. The van der Waals surface area contributed by atoms with Gasteiger partial charge in [0.15, 0.2) is 0 Å². The maximum Gasteiger partial charge on any atom is 0.312 e. The van der Waals surface area contributed by atoms with Gasteiger partial charge in [0.25, 0.3) is 0 Å². The van der Waals surface area contributed by atoms with Crippen molar-refractivity contribution in [2.45, 2.75) is 32.6 Å². The van der Waals surface area contributed by atoms with Gasteiger partial charge in [0.05, 0.1) is 13.0 Å². The molecule has 0 aliphatic carbocycles. The number of methoxy groups -OCH3 is 1. The van der Waals surface area contributed by atoms with Gasteiger partial charge in [-0.1, -0.05) is 12.8 Å². The van der Waals surface area contributed by atoms with Gasteiger partial charge in [-0.05, 0) is 12.8 Å². The van der Waals surface area contributed by atoms with Gasteiger partial charge in [0.1, 0.15) is 6.61 Å². The second-order valence-electron chi connectivity index (χ2n) is 3.56. The van der Waals surface area contributed by atoms with Crippen LogP contribution in [0.3, 0.4) is 0 Å². The molecule has 16 heavy (non-hydrogen) atoms. The molecule has 0 saturated heterocycles. The maximum atomic E-state index is 11.3. The topological polar surface area (TPSA) is 52.6 Å². The number of hydrogen-bond acceptors (Lipinski definition) is 4. The molecule has 94 valence electrons. The third-order valence-corrected chi connectivity index (χ3v) is 2.48. The molecule has 0 bridgehead atoms. The average molecular weight is 251 g/mol. The SMILES string of the molecule is COC(=O)C(CCCCCCl)COC(C)=O. The molecule has 1 atom stereocenters. The van der Waals surface area contributed by atoms with Gasteiger partial charge in [0.2, 0.25) is 0 Å². The van der Waals surface area contributed by atoms with E-state index in [4.69, 9.17) is 16.3 Å². The molecule has 0 aromatic rings. The van der Waals surface area contributed by atoms with Crippen LogP contribution in [0.2, 0.25) is 0 Å². The smallest absolute Gasteiger partial charge is 0.312 e. The highest BCUT2D eigenvalue weighted by Crippen LogP contribution is 2.12. The van der Waals surface area contributed by atoms with Crippen molar-refractivity contribution in [3.8, 4) is 0 Å². The van der Waals surface area contributed by atoms with E-state index in [1.54, 1.807) is 0 Å². The van der Waals surface area contributed by atoms with E-state index in [0.717, 1.165) is 19.3 Å². The quantitative estimate of drug-likeness (QED) is 0.376. The van der Waals surface area contributed by atoms with Crippen molar-refractivity contribution >= 4 is 23.5 Å². The number of rotatable bonds is 8. The van der Waals surface area contributed by atoms with Gasteiger partial charge in [-0.3, -0.25) is 9.59 Å². The van der Waals surface area contributed by atoms with Gasteiger partial charge < -0.3 is 9.47 Å². The highest BCUT2D eigenvalue weighted by atomic mass is 35.5. The zero-order chi connectivity index (χ0) is 12.4. The second kappa shape index (κ2) is 9.46. The van der Waals surface area contributed by atoms with Crippen molar-refractivity contribution in [3.05, 3.63) is 0 Å². The lowest BCUT2D eigenvalue weighted by molar-refractivity contribution is -0.152. The predicted molar refractivity (Wildman–Crippen MR) is 61.3 cm³/mol. The van der Waals surface area contributed by atoms with E-state index in [2.05, 4.69) is 4.74 Å². The fourth-order valence-electron chi connectivity index (χ4n) is 1.32. The van der Waals surface area contributed by atoms with Gasteiger partial charge in [0, 0.05) is 12.8 Å². The summed E-state index contributed by atoms with van der Waals surface area (Å²) in [4.78, 5) is 22.0. The summed E-state index contributed by atoms with van der Waals surface area (Å²) in [6.45, 7) is 1.42. The molecule has 0 aromatic heterocycles. The minimum absolute atomic E-state index is 0.100. The molecule has 0 amide bonds. The van der Waals surface area contributed by atoms with E-state index in [-0.39, 0.29) is 24.5 Å². The van der Waals surface area contributed by atoms with Crippen LogP contribution in [0.4, 0.5) is 0 Å². The number of halogens is 1. The Morgan fingerprint density at radius 1 is 1.25 bits per heavy atom. The molecule has 0 aliphatic heterocycles. The van der Waals surface area contributed by atoms with Crippen molar-refractivity contribution in [2.75, 3.05) is 19.6 Å². The molecule has 0 rings (SSSR count). The highest BCUT2D eigenvalue weighted by molar-refractivity contribution is 6.17. The lowest BCUT2D eigenvalue weighted by Gasteiger charge is -2.13. The van der Waals surface area contributed by atoms with Crippen LogP contribution in [0.1, 0.15) is 32.6 Å². The maximum absolute atomic E-state index is 11.3. The third-order valence-electron chi connectivity index (χ3n) is 2.21. The van der Waals surface area contributed by atoms with Crippen molar-refractivity contribution in [1.29, 1.82) is 0 Å². The summed E-state index contributed by atoms with van der Waals surface area (Å²) in [6, 6.07) is 0. The van der Waals surface area contributed by atoms with E-state index in [1.165, 1.54) is 14.0 Å². The number of hydrogen-bond donors (Lipinski definition) is 0. The Labute approximate surface area is 101 Å². The van der Waals surface area contributed by atoms with E-state index < -0.39 is 0 Å². The fourth-order valence-corrected chi connectivity index (χ4v) is 1.50. The Morgan fingerprint density at radius 2 is 1.94 bits per heavy atom. The van der Waals surface area contributed by atoms with Gasteiger partial charge in [-0.2, -0.15) is 0 Å². The van der Waals surface area contributed by atoms with Gasteiger partial charge in [-0.25, -0.2) is 0 Å². The number of carbonyl (C=O) groups is 2. The van der Waals surface area contributed by atoms with Crippen LogP contribution < -0.4 is 0 Å². The number of alkyl halides is 1. The van der Waals surface area contributed by atoms with Crippen LogP contribution in [0.15, 0.2) is 0 Å². The largest absolute Gasteiger partial charge is 0.469 e. The Balaban J connectivity index is 3.90. The summed E-state index contributed by atoms with van der Waals surface area (Å²) < 4.78 is 9.46. The molecule has 1 unspecified atom stereocenters. The Morgan fingerprint density at radius 3 is 2.44 bits per heavy atom. The molecule has 0 aromatic carbocycles. The monoisotopic (exact) mass is 250 g/mol. The van der Waals surface area contributed by atoms with Crippen LogP contribution >= 0.6 is 11.6 Å². The molecule has 0 radical (unpaired) electrons. The number of ether oxygens (including phenoxy) is 2. The minimum Gasteiger partial charge on any atom is -0.469 e. The normalized spacial score (nSPS) is 11.9. The molecule has 0 aliphatic rings. The van der Waals surface area contributed by atoms with Crippen LogP contribution in [0.25, 0.3) is 0 Å². The summed E-state index contributed by atoms with van der Waals surface area (Å²) in [5.41, 5.74) is 0. The van der Waals surface area contributed by atoms with E-state index >= 15 is 0 Å². The lowest BCUT2D eigenvalue weighted by Crippen LogP contribution is -2.22. The number of carbonyl (C=O) groups excluding carboxylic acids is 2. The second-order valence-corrected chi connectivity index (χ2v) is 3.94. The number of unbranched alkanes of at least 4 members (excludes halogenated alkanes) is 2. The molecule has 4 nitrogen and oxygen atoms in total. The van der Waals surface area contributed by atoms with E-state index in [0.29, 0.717) is 12.3 Å². The first kappa shape index (κ1) is 15.2. The number of esters is 2. The van der Waals surface area contributed by atoms with Crippen molar-refractivity contribution in [1.82, 2.24) is 0 Å². The predicted octanol–water partition coefficient (Wildman–Crippen LogP) is 2.14. The van der Waals surface area contributed by atoms with Gasteiger partial charge in [-0.15, -0.1) is 11.6 Å². The van der Waals surface area contributed by atoms with E-state index in [1.807, 2.05) is 0 Å². The third kappa shape index (κ3) is 7.51. The fraction of sp³-hybridized carbons (Fsp3) is 0.818. The molecule has 0 N–H and O–H groups in total. The molecular weight excluding hydrogens is 232 g/mol. The molecule has 0 heterocycles. The van der Waals surface area contributed by atoms with Crippen LogP contribution in [-0.2, 0) is 19.1 Å². The van der Waals surface area contributed by atoms with Crippen molar-refractivity contribution in [2.24, 2.45) is 5.92 Å². The van der Waals surface area contributed by atoms with Crippen LogP contribution in [0.5, 0.6) is 0 Å². The van der Waals surface area contributed by atoms with Crippen molar-refractivity contribution in [3.63, 3.8) is 0 Å². The Kier molecular flexibility index (Phi) is 9.00. The summed E-state index contributed by atoms with van der Waals surface area (Å²) in [6.07, 6.45) is 3.45. The standard InChI is InChI=1S/C11H19ClO4/c1-9(13)16-8-10(11(14)15-2)6-4-3-5-7-12/h10H,3-8H2,1-2H3. The first-order valence-corrected chi connectivity index (χ1v) is 5.92. The summed E-state index contributed by atoms with van der Waals surface area (Å²) in [5.74, 6) is -0.432. The van der Waals surface area contributed by atoms with Crippen LogP contribution in [-0.4, -0.2) is 31.5 Å². The summed E-state index contributed by atoms with van der Waals surface area (Å²) in [7, 11) is 1.34. The molecule has 5 heteroatoms. The molecule has 0 fully saturated rings. The van der Waals surface area contributed by atoms with Crippen LogP contribution in [0, 0.1) is 5.92 Å². The first-order chi connectivity index (χ1) is 7.61. The van der Waals surface area contributed by atoms with E-state index in [9.17, 15) is 9.59 Å².